The summed E-state index contributed by atoms with van der Waals surface area (Å²) < 4.78 is 0. The number of nitrogens with zero attached hydrogens (tertiary/aromatic N) is 1. The zero-order valence-corrected chi connectivity index (χ0v) is 10.3. The van der Waals surface area contributed by atoms with Gasteiger partial charge in [0.05, 0.1) is 24.5 Å². The van der Waals surface area contributed by atoms with Crippen molar-refractivity contribution >= 4 is 11.9 Å². The SMILES string of the molecule is O=C(O)C1CC=CCC1C(=O)N1CCC[C@H]1CO. The molecule has 0 aromatic carbocycles. The van der Waals surface area contributed by atoms with Crippen LogP contribution >= 0.6 is 0 Å². The standard InChI is InChI=1S/C13H19NO4/c15-8-9-4-3-7-14(9)12(16)10-5-1-2-6-11(10)13(17)18/h1-2,9-11,15H,3-8H2,(H,17,18)/t9-,10?,11?/m0/s1. The number of carboxylic acids is 1. The van der Waals surface area contributed by atoms with Crippen LogP contribution in [0.4, 0.5) is 0 Å². The van der Waals surface area contributed by atoms with Gasteiger partial charge in [0.15, 0.2) is 0 Å². The molecule has 3 atom stereocenters. The molecule has 0 saturated carbocycles. The van der Waals surface area contributed by atoms with E-state index in [9.17, 15) is 14.7 Å². The lowest BCUT2D eigenvalue weighted by Crippen LogP contribution is -2.45. The Balaban J connectivity index is 2.11. The maximum absolute atomic E-state index is 12.4. The second-order valence-corrected chi connectivity index (χ2v) is 5.00. The van der Waals surface area contributed by atoms with Crippen molar-refractivity contribution in [3.63, 3.8) is 0 Å². The summed E-state index contributed by atoms with van der Waals surface area (Å²) in [5.41, 5.74) is 0. The van der Waals surface area contributed by atoms with Crippen LogP contribution in [-0.4, -0.2) is 46.2 Å². The highest BCUT2D eigenvalue weighted by Crippen LogP contribution is 2.30. The van der Waals surface area contributed by atoms with E-state index in [0.29, 0.717) is 19.4 Å². The zero-order valence-electron chi connectivity index (χ0n) is 10.3. The second-order valence-electron chi connectivity index (χ2n) is 5.00. The van der Waals surface area contributed by atoms with E-state index in [1.54, 1.807) is 4.90 Å². The van der Waals surface area contributed by atoms with E-state index in [0.717, 1.165) is 12.8 Å². The van der Waals surface area contributed by atoms with Crippen LogP contribution in [0.2, 0.25) is 0 Å². The van der Waals surface area contributed by atoms with Crippen molar-refractivity contribution in [2.45, 2.75) is 31.7 Å². The average molecular weight is 253 g/mol. The lowest BCUT2D eigenvalue weighted by molar-refractivity contribution is -0.151. The molecule has 1 saturated heterocycles. The molecule has 5 nitrogen and oxygen atoms in total. The molecule has 0 radical (unpaired) electrons. The highest BCUT2D eigenvalue weighted by atomic mass is 16.4. The Hall–Kier alpha value is -1.36. The molecule has 2 N–H and O–H groups in total. The zero-order chi connectivity index (χ0) is 13.1. The Morgan fingerprint density at radius 2 is 1.89 bits per heavy atom. The number of aliphatic carboxylic acids is 1. The van der Waals surface area contributed by atoms with Crippen molar-refractivity contribution < 1.29 is 19.8 Å². The van der Waals surface area contributed by atoms with Gasteiger partial charge < -0.3 is 15.1 Å². The number of aliphatic hydroxyl groups excluding tert-OH is 1. The topological polar surface area (TPSA) is 77.8 Å². The molecule has 1 aliphatic carbocycles. The maximum Gasteiger partial charge on any atom is 0.307 e. The minimum Gasteiger partial charge on any atom is -0.481 e. The molecule has 100 valence electrons. The first kappa shape index (κ1) is 13.1. The van der Waals surface area contributed by atoms with Gasteiger partial charge in [-0.3, -0.25) is 9.59 Å². The van der Waals surface area contributed by atoms with E-state index < -0.39 is 17.8 Å². The Labute approximate surface area is 106 Å². The molecule has 0 bridgehead atoms. The number of carbonyl (C=O) groups is 2. The van der Waals surface area contributed by atoms with Crippen LogP contribution in [0.1, 0.15) is 25.7 Å². The van der Waals surface area contributed by atoms with Crippen molar-refractivity contribution in [2.24, 2.45) is 11.8 Å². The first-order chi connectivity index (χ1) is 8.65. The average Bonchev–Trinajstić information content (AvgIpc) is 2.86. The van der Waals surface area contributed by atoms with Crippen LogP contribution in [0.5, 0.6) is 0 Å². The molecule has 0 aromatic heterocycles. The van der Waals surface area contributed by atoms with E-state index >= 15 is 0 Å². The molecule has 1 fully saturated rings. The molecular formula is C13H19NO4. The van der Waals surface area contributed by atoms with Crippen LogP contribution < -0.4 is 0 Å². The van der Waals surface area contributed by atoms with Gasteiger partial charge in [0.2, 0.25) is 5.91 Å². The highest BCUT2D eigenvalue weighted by Gasteiger charge is 2.39. The summed E-state index contributed by atoms with van der Waals surface area (Å²) in [6.45, 7) is 0.600. The van der Waals surface area contributed by atoms with Crippen molar-refractivity contribution in [2.75, 3.05) is 13.2 Å². The number of hydrogen-bond acceptors (Lipinski definition) is 3. The Morgan fingerprint density at radius 3 is 2.50 bits per heavy atom. The van der Waals surface area contributed by atoms with Gasteiger partial charge in [0.25, 0.3) is 0 Å². The normalized spacial score (nSPS) is 31.6. The summed E-state index contributed by atoms with van der Waals surface area (Å²) in [4.78, 5) is 25.2. The number of rotatable bonds is 3. The Kier molecular flexibility index (Phi) is 4.01. The molecule has 0 spiro atoms. The predicted octanol–water partition coefficient (Wildman–Crippen LogP) is 0.637. The molecule has 2 aliphatic rings. The molecule has 1 amide bonds. The van der Waals surface area contributed by atoms with Crippen LogP contribution in [-0.2, 0) is 9.59 Å². The lowest BCUT2D eigenvalue weighted by atomic mass is 9.82. The molecule has 1 aliphatic heterocycles. The smallest absolute Gasteiger partial charge is 0.307 e. The number of likely N-dealkylation sites (tertiary alicyclic amines) is 1. The van der Waals surface area contributed by atoms with Gasteiger partial charge in [-0.1, -0.05) is 12.2 Å². The highest BCUT2D eigenvalue weighted by molar-refractivity contribution is 5.85. The predicted molar refractivity (Wildman–Crippen MR) is 64.8 cm³/mol. The number of amides is 1. The minimum absolute atomic E-state index is 0.0357. The van der Waals surface area contributed by atoms with E-state index in [4.69, 9.17) is 5.11 Å². The van der Waals surface area contributed by atoms with E-state index in [-0.39, 0.29) is 18.6 Å². The minimum atomic E-state index is -0.905. The number of carbonyl (C=O) groups excluding carboxylic acids is 1. The largest absolute Gasteiger partial charge is 0.481 e. The third-order valence-corrected chi connectivity index (χ3v) is 3.94. The summed E-state index contributed by atoms with van der Waals surface area (Å²) in [5.74, 6) is -2.11. The summed E-state index contributed by atoms with van der Waals surface area (Å²) in [7, 11) is 0. The maximum atomic E-state index is 12.4. The Bertz CT molecular complexity index is 366. The fourth-order valence-electron chi connectivity index (χ4n) is 2.89. The van der Waals surface area contributed by atoms with Crippen LogP contribution in [0.15, 0.2) is 12.2 Å². The molecule has 0 aromatic rings. The quantitative estimate of drug-likeness (QED) is 0.723. The molecule has 2 rings (SSSR count). The molecular weight excluding hydrogens is 234 g/mol. The van der Waals surface area contributed by atoms with Gasteiger partial charge in [0.1, 0.15) is 0 Å². The number of aliphatic hydroxyl groups is 1. The van der Waals surface area contributed by atoms with E-state index in [1.165, 1.54) is 0 Å². The van der Waals surface area contributed by atoms with E-state index in [2.05, 4.69) is 0 Å². The summed E-state index contributed by atoms with van der Waals surface area (Å²) >= 11 is 0. The van der Waals surface area contributed by atoms with Gasteiger partial charge >= 0.3 is 5.97 Å². The summed E-state index contributed by atoms with van der Waals surface area (Å²) in [5, 5.41) is 18.4. The monoisotopic (exact) mass is 253 g/mol. The Morgan fingerprint density at radius 1 is 1.22 bits per heavy atom. The fourth-order valence-corrected chi connectivity index (χ4v) is 2.89. The van der Waals surface area contributed by atoms with Gasteiger partial charge in [0, 0.05) is 6.54 Å². The van der Waals surface area contributed by atoms with Crippen molar-refractivity contribution in [1.29, 1.82) is 0 Å². The first-order valence-electron chi connectivity index (χ1n) is 6.44. The summed E-state index contributed by atoms with van der Waals surface area (Å²) in [6, 6.07) is -0.127. The van der Waals surface area contributed by atoms with Crippen molar-refractivity contribution in [1.82, 2.24) is 4.90 Å². The van der Waals surface area contributed by atoms with E-state index in [1.807, 2.05) is 12.2 Å². The van der Waals surface area contributed by atoms with Crippen LogP contribution in [0.25, 0.3) is 0 Å². The van der Waals surface area contributed by atoms with Gasteiger partial charge in [-0.05, 0) is 25.7 Å². The van der Waals surface area contributed by atoms with Crippen molar-refractivity contribution in [3.05, 3.63) is 12.2 Å². The number of allylic oxidation sites excluding steroid dienone is 2. The number of hydrogen-bond donors (Lipinski definition) is 2. The van der Waals surface area contributed by atoms with Crippen LogP contribution in [0, 0.1) is 11.8 Å². The summed E-state index contributed by atoms with van der Waals surface area (Å²) in [6.07, 6.45) is 6.32. The molecule has 18 heavy (non-hydrogen) atoms. The van der Waals surface area contributed by atoms with Crippen LogP contribution in [0.3, 0.4) is 0 Å². The molecule has 2 unspecified atom stereocenters. The lowest BCUT2D eigenvalue weighted by Gasteiger charge is -2.31. The van der Waals surface area contributed by atoms with Gasteiger partial charge in [-0.15, -0.1) is 0 Å². The fraction of sp³-hybridized carbons (Fsp3) is 0.692. The van der Waals surface area contributed by atoms with Gasteiger partial charge in [-0.25, -0.2) is 0 Å². The number of carboxylic acid groups (broad SMARTS) is 1. The third-order valence-electron chi connectivity index (χ3n) is 3.94. The molecule has 1 heterocycles. The van der Waals surface area contributed by atoms with Crippen molar-refractivity contribution in [3.8, 4) is 0 Å². The molecule has 5 heteroatoms. The third kappa shape index (κ3) is 2.41. The first-order valence-corrected chi connectivity index (χ1v) is 6.44. The van der Waals surface area contributed by atoms with Gasteiger partial charge in [-0.2, -0.15) is 0 Å². The second kappa shape index (κ2) is 5.52.